The zero-order valence-corrected chi connectivity index (χ0v) is 15.7. The van der Waals surface area contributed by atoms with Gasteiger partial charge in [-0.05, 0) is 80.3 Å². The summed E-state index contributed by atoms with van der Waals surface area (Å²) in [6, 6.07) is 0. The van der Waals surface area contributed by atoms with Gasteiger partial charge in [0.25, 0.3) is 0 Å². The smallest absolute Gasteiger partial charge is 0.155 e. The Morgan fingerprint density at radius 1 is 1.16 bits per heavy atom. The molecule has 0 radical (unpaired) electrons. The van der Waals surface area contributed by atoms with Crippen LogP contribution >= 0.6 is 0 Å². The molecular formula is C21H32O4. The molecule has 0 saturated heterocycles. The van der Waals surface area contributed by atoms with E-state index in [1.807, 2.05) is 0 Å². The Kier molecular flexibility index (Phi) is 3.82. The van der Waals surface area contributed by atoms with Crippen LogP contribution in [0.15, 0.2) is 11.6 Å². The zero-order valence-electron chi connectivity index (χ0n) is 15.7. The fourth-order valence-electron chi connectivity index (χ4n) is 7.34. The van der Waals surface area contributed by atoms with Gasteiger partial charge in [-0.1, -0.05) is 13.8 Å². The maximum absolute atomic E-state index is 11.9. The summed E-state index contributed by atoms with van der Waals surface area (Å²) in [5, 5.41) is 32.4. The summed E-state index contributed by atoms with van der Waals surface area (Å²) in [6.45, 7) is 6.10. The van der Waals surface area contributed by atoms with Crippen molar-refractivity contribution in [2.24, 2.45) is 28.6 Å². The highest BCUT2D eigenvalue weighted by atomic mass is 16.3. The molecule has 140 valence electrons. The van der Waals surface area contributed by atoms with Gasteiger partial charge in [-0.15, -0.1) is 0 Å². The van der Waals surface area contributed by atoms with E-state index >= 15 is 0 Å². The van der Waals surface area contributed by atoms with Gasteiger partial charge in [0.2, 0.25) is 0 Å². The predicted molar refractivity (Wildman–Crippen MR) is 94.7 cm³/mol. The highest BCUT2D eigenvalue weighted by molar-refractivity contribution is 5.91. The van der Waals surface area contributed by atoms with Crippen LogP contribution in [0.4, 0.5) is 0 Å². The van der Waals surface area contributed by atoms with Crippen molar-refractivity contribution < 1.29 is 20.1 Å². The number of ketones is 1. The van der Waals surface area contributed by atoms with E-state index in [-0.39, 0.29) is 16.6 Å². The van der Waals surface area contributed by atoms with E-state index in [2.05, 4.69) is 13.8 Å². The van der Waals surface area contributed by atoms with Crippen LogP contribution in [0.2, 0.25) is 0 Å². The van der Waals surface area contributed by atoms with Crippen molar-refractivity contribution in [3.63, 3.8) is 0 Å². The average Bonchev–Trinajstić information content (AvgIpc) is 2.83. The Hall–Kier alpha value is -0.710. The second kappa shape index (κ2) is 5.40. The molecule has 0 bridgehead atoms. The first-order chi connectivity index (χ1) is 11.6. The molecule has 25 heavy (non-hydrogen) atoms. The van der Waals surface area contributed by atoms with Crippen molar-refractivity contribution in [3.05, 3.63) is 11.6 Å². The van der Waals surface area contributed by atoms with Gasteiger partial charge >= 0.3 is 0 Å². The molecule has 0 aromatic heterocycles. The topological polar surface area (TPSA) is 77.8 Å². The standard InChI is InChI=1S/C21H32O4/c1-12(22)21(25)9-6-16-14-11-18(24)17-10-13(23)4-7-19(17,2)15(14)5-8-20(16,21)3/h10,12,14-16,18,22,24-25H,4-9,11H2,1-3H3/t12-,14+,15-,16-,18+,19+,20-,21-/m0/s1. The lowest BCUT2D eigenvalue weighted by molar-refractivity contribution is -0.176. The first-order valence-corrected chi connectivity index (χ1v) is 9.97. The van der Waals surface area contributed by atoms with E-state index in [9.17, 15) is 20.1 Å². The number of rotatable bonds is 1. The van der Waals surface area contributed by atoms with Gasteiger partial charge < -0.3 is 15.3 Å². The van der Waals surface area contributed by atoms with Crippen LogP contribution in [0.1, 0.15) is 65.7 Å². The molecule has 4 heteroatoms. The van der Waals surface area contributed by atoms with Crippen LogP contribution in [0.3, 0.4) is 0 Å². The second-order valence-corrected chi connectivity index (χ2v) is 9.71. The van der Waals surface area contributed by atoms with Gasteiger partial charge in [0, 0.05) is 11.8 Å². The third-order valence-electron chi connectivity index (χ3n) is 8.88. The van der Waals surface area contributed by atoms with Gasteiger partial charge in [-0.25, -0.2) is 0 Å². The van der Waals surface area contributed by atoms with Crippen molar-refractivity contribution in [2.75, 3.05) is 0 Å². The van der Waals surface area contributed by atoms with Crippen LogP contribution in [0, 0.1) is 28.6 Å². The van der Waals surface area contributed by atoms with Crippen molar-refractivity contribution >= 4 is 5.78 Å². The molecule has 0 spiro atoms. The van der Waals surface area contributed by atoms with E-state index in [0.29, 0.717) is 37.0 Å². The summed E-state index contributed by atoms with van der Waals surface area (Å²) in [5.74, 6) is 1.30. The summed E-state index contributed by atoms with van der Waals surface area (Å²) in [4.78, 5) is 11.9. The Morgan fingerprint density at radius 3 is 2.52 bits per heavy atom. The van der Waals surface area contributed by atoms with Crippen LogP contribution < -0.4 is 0 Å². The minimum absolute atomic E-state index is 0.0941. The molecule has 8 atom stereocenters. The molecule has 0 aliphatic heterocycles. The largest absolute Gasteiger partial charge is 0.390 e. The lowest BCUT2D eigenvalue weighted by Gasteiger charge is -2.60. The van der Waals surface area contributed by atoms with Crippen LogP contribution in [0.25, 0.3) is 0 Å². The van der Waals surface area contributed by atoms with E-state index in [0.717, 1.165) is 31.3 Å². The summed E-state index contributed by atoms with van der Waals surface area (Å²) in [7, 11) is 0. The van der Waals surface area contributed by atoms with Crippen molar-refractivity contribution in [1.82, 2.24) is 0 Å². The first kappa shape index (κ1) is 17.7. The van der Waals surface area contributed by atoms with E-state index in [1.165, 1.54) is 0 Å². The van der Waals surface area contributed by atoms with E-state index in [1.54, 1.807) is 13.0 Å². The molecule has 0 unspecified atom stereocenters. The molecule has 3 saturated carbocycles. The Bertz CT molecular complexity index is 625. The van der Waals surface area contributed by atoms with E-state index in [4.69, 9.17) is 0 Å². The van der Waals surface area contributed by atoms with E-state index < -0.39 is 17.8 Å². The van der Waals surface area contributed by atoms with Gasteiger partial charge in [-0.3, -0.25) is 4.79 Å². The maximum Gasteiger partial charge on any atom is 0.155 e. The fraction of sp³-hybridized carbons (Fsp3) is 0.857. The second-order valence-electron chi connectivity index (χ2n) is 9.71. The van der Waals surface area contributed by atoms with Gasteiger partial charge in [0.05, 0.1) is 17.8 Å². The van der Waals surface area contributed by atoms with Crippen LogP contribution in [0.5, 0.6) is 0 Å². The Balaban J connectivity index is 1.72. The number of carbonyl (C=O) groups is 1. The molecule has 0 heterocycles. The number of aliphatic hydroxyl groups is 3. The SMILES string of the molecule is C[C@H](O)[C@@]1(O)CC[C@H]2[C@@H]3C[C@@H](O)C4=CC(=O)CC[C@]4(C)[C@H]3CC[C@@]21C. The Morgan fingerprint density at radius 2 is 1.84 bits per heavy atom. The van der Waals surface area contributed by atoms with Crippen molar-refractivity contribution in [1.29, 1.82) is 0 Å². The highest BCUT2D eigenvalue weighted by Gasteiger charge is 2.66. The third-order valence-corrected chi connectivity index (χ3v) is 8.88. The Labute approximate surface area is 150 Å². The molecule has 4 aliphatic carbocycles. The molecule has 0 aromatic rings. The summed E-state index contributed by atoms with van der Waals surface area (Å²) < 4.78 is 0. The van der Waals surface area contributed by atoms with Gasteiger partial charge in [-0.2, -0.15) is 0 Å². The monoisotopic (exact) mass is 348 g/mol. The van der Waals surface area contributed by atoms with Crippen LogP contribution in [-0.4, -0.2) is 38.9 Å². The molecule has 4 aliphatic rings. The summed E-state index contributed by atoms with van der Waals surface area (Å²) in [5.41, 5.74) is -0.446. The zero-order chi connectivity index (χ0) is 18.2. The lowest BCUT2D eigenvalue weighted by Crippen LogP contribution is -2.59. The molecule has 0 amide bonds. The van der Waals surface area contributed by atoms with Crippen LogP contribution in [-0.2, 0) is 4.79 Å². The molecular weight excluding hydrogens is 316 g/mol. The fourth-order valence-corrected chi connectivity index (χ4v) is 7.34. The van der Waals surface area contributed by atoms with Gasteiger partial charge in [0.15, 0.2) is 5.78 Å². The molecule has 3 N–H and O–H groups in total. The first-order valence-electron chi connectivity index (χ1n) is 9.97. The molecule has 0 aromatic carbocycles. The highest BCUT2D eigenvalue weighted by Crippen LogP contribution is 2.67. The number of carbonyl (C=O) groups excluding carboxylic acids is 1. The lowest BCUT2D eigenvalue weighted by atomic mass is 9.45. The molecule has 3 fully saturated rings. The summed E-state index contributed by atoms with van der Waals surface area (Å²) >= 11 is 0. The van der Waals surface area contributed by atoms with Gasteiger partial charge in [0.1, 0.15) is 0 Å². The number of hydrogen-bond donors (Lipinski definition) is 3. The predicted octanol–water partition coefficient (Wildman–Crippen LogP) is 2.60. The number of hydrogen-bond acceptors (Lipinski definition) is 4. The number of aliphatic hydroxyl groups excluding tert-OH is 2. The van der Waals surface area contributed by atoms with Crippen molar-refractivity contribution in [2.45, 2.75) is 83.5 Å². The minimum atomic E-state index is -1.02. The minimum Gasteiger partial charge on any atom is -0.390 e. The normalized spacial score (nSPS) is 53.5. The number of fused-ring (bicyclic) bond motifs is 5. The summed E-state index contributed by atoms with van der Waals surface area (Å²) in [6.07, 6.45) is 6.02. The average molecular weight is 348 g/mol. The molecule has 4 nitrogen and oxygen atoms in total. The quantitative estimate of drug-likeness (QED) is 0.681. The van der Waals surface area contributed by atoms with Crippen molar-refractivity contribution in [3.8, 4) is 0 Å². The molecule has 4 rings (SSSR count). The third kappa shape index (κ3) is 2.14. The maximum atomic E-state index is 11.9.